The lowest BCUT2D eigenvalue weighted by molar-refractivity contribution is -0.120. The van der Waals surface area contributed by atoms with Gasteiger partial charge in [0.1, 0.15) is 18.0 Å². The van der Waals surface area contributed by atoms with Crippen molar-refractivity contribution < 1.29 is 22.7 Å². The summed E-state index contributed by atoms with van der Waals surface area (Å²) < 4.78 is 39.0. The molecule has 0 aliphatic heterocycles. The highest BCUT2D eigenvalue weighted by atomic mass is 32.2. The zero-order valence-corrected chi connectivity index (χ0v) is 20.8. The van der Waals surface area contributed by atoms with Crippen molar-refractivity contribution in [3.63, 3.8) is 0 Å². The Hall–Kier alpha value is -3.52. The van der Waals surface area contributed by atoms with Gasteiger partial charge < -0.3 is 14.8 Å². The molecule has 7 nitrogen and oxygen atoms in total. The van der Waals surface area contributed by atoms with Gasteiger partial charge >= 0.3 is 0 Å². The fourth-order valence-corrected chi connectivity index (χ4v) is 5.20. The molecule has 0 fully saturated rings. The molecule has 0 radical (unpaired) electrons. The number of carbonyl (C=O) groups excluding carboxylic acids is 1. The quantitative estimate of drug-likeness (QED) is 0.489. The first-order valence-electron chi connectivity index (χ1n) is 10.8. The van der Waals surface area contributed by atoms with Gasteiger partial charge in [-0.2, -0.15) is 0 Å². The van der Waals surface area contributed by atoms with E-state index in [1.165, 1.54) is 12.1 Å². The van der Waals surface area contributed by atoms with Crippen LogP contribution in [-0.2, 0) is 14.8 Å². The van der Waals surface area contributed by atoms with Crippen molar-refractivity contribution in [2.75, 3.05) is 25.1 Å². The second kappa shape index (κ2) is 10.6. The standard InChI is InChI=1S/C26H30N2O5S/c1-18-10-9-13-24(19(18)2)28(34(30,31)22-11-7-6-8-12-22)17-26(29)27-20(3)23-16-21(32-4)14-15-25(23)33-5/h6-16,20H,17H2,1-5H3,(H,27,29). The van der Waals surface area contributed by atoms with E-state index in [9.17, 15) is 13.2 Å². The van der Waals surface area contributed by atoms with Crippen molar-refractivity contribution >= 4 is 21.6 Å². The predicted octanol–water partition coefficient (Wildman–Crippen LogP) is 4.39. The third-order valence-electron chi connectivity index (χ3n) is 5.74. The van der Waals surface area contributed by atoms with Gasteiger partial charge in [-0.3, -0.25) is 9.10 Å². The highest BCUT2D eigenvalue weighted by molar-refractivity contribution is 7.92. The largest absolute Gasteiger partial charge is 0.497 e. The molecular weight excluding hydrogens is 452 g/mol. The van der Waals surface area contributed by atoms with Gasteiger partial charge in [0.2, 0.25) is 5.91 Å². The molecule has 0 saturated heterocycles. The van der Waals surface area contributed by atoms with Crippen LogP contribution in [0.5, 0.6) is 11.5 Å². The van der Waals surface area contributed by atoms with Crippen LogP contribution < -0.4 is 19.1 Å². The molecule has 0 aliphatic carbocycles. The lowest BCUT2D eigenvalue weighted by Gasteiger charge is -2.27. The van der Waals surface area contributed by atoms with Crippen LogP contribution in [0.25, 0.3) is 0 Å². The third-order valence-corrected chi connectivity index (χ3v) is 7.52. The van der Waals surface area contributed by atoms with Crippen molar-refractivity contribution in [2.45, 2.75) is 31.7 Å². The van der Waals surface area contributed by atoms with Crippen LogP contribution in [0.2, 0.25) is 0 Å². The Kier molecular flexibility index (Phi) is 7.83. The normalized spacial score (nSPS) is 12.0. The van der Waals surface area contributed by atoms with Gasteiger partial charge in [0.15, 0.2) is 0 Å². The molecule has 8 heteroatoms. The number of amides is 1. The molecule has 0 spiro atoms. The Bertz CT molecular complexity index is 1260. The molecule has 3 rings (SSSR count). The number of hydrogen-bond acceptors (Lipinski definition) is 5. The van der Waals surface area contributed by atoms with Crippen molar-refractivity contribution in [3.05, 3.63) is 83.4 Å². The number of benzene rings is 3. The van der Waals surface area contributed by atoms with Crippen molar-refractivity contribution in [1.82, 2.24) is 5.32 Å². The summed E-state index contributed by atoms with van der Waals surface area (Å²) in [5.41, 5.74) is 2.91. The average molecular weight is 483 g/mol. The van der Waals surface area contributed by atoms with Crippen molar-refractivity contribution in [1.29, 1.82) is 0 Å². The van der Waals surface area contributed by atoms with E-state index in [0.29, 0.717) is 17.2 Å². The Morgan fingerprint density at radius 1 is 0.971 bits per heavy atom. The van der Waals surface area contributed by atoms with E-state index in [0.717, 1.165) is 21.0 Å². The fourth-order valence-electron chi connectivity index (χ4n) is 3.70. The number of carbonyl (C=O) groups is 1. The molecular formula is C26H30N2O5S. The molecule has 3 aromatic rings. The smallest absolute Gasteiger partial charge is 0.264 e. The number of hydrogen-bond donors (Lipinski definition) is 1. The highest BCUT2D eigenvalue weighted by Gasteiger charge is 2.29. The van der Waals surface area contributed by atoms with E-state index in [1.807, 2.05) is 26.8 Å². The molecule has 180 valence electrons. The van der Waals surface area contributed by atoms with Gasteiger partial charge in [0.05, 0.1) is 30.8 Å². The number of nitrogens with one attached hydrogen (secondary N) is 1. The molecule has 1 unspecified atom stereocenters. The molecule has 1 atom stereocenters. The molecule has 0 heterocycles. The Labute approximate surface area is 201 Å². The van der Waals surface area contributed by atoms with Crippen molar-refractivity contribution in [2.24, 2.45) is 0 Å². The SMILES string of the molecule is COc1ccc(OC)c(C(C)NC(=O)CN(c2cccc(C)c2C)S(=O)(=O)c2ccccc2)c1. The number of ether oxygens (including phenoxy) is 2. The minimum absolute atomic E-state index is 0.117. The number of nitrogens with zero attached hydrogens (tertiary/aromatic N) is 1. The van der Waals surface area contributed by atoms with E-state index in [-0.39, 0.29) is 11.4 Å². The van der Waals surface area contributed by atoms with Gasteiger partial charge in [-0.05, 0) is 68.3 Å². The third kappa shape index (κ3) is 5.34. The molecule has 0 saturated carbocycles. The molecule has 0 bridgehead atoms. The maximum atomic E-state index is 13.6. The number of methoxy groups -OCH3 is 2. The summed E-state index contributed by atoms with van der Waals surface area (Å²) in [6.45, 7) is 5.18. The Morgan fingerprint density at radius 2 is 1.68 bits per heavy atom. The van der Waals surface area contributed by atoms with Crippen LogP contribution in [0.1, 0.15) is 29.7 Å². The highest BCUT2D eigenvalue weighted by Crippen LogP contribution is 2.30. The number of sulfonamides is 1. The van der Waals surface area contributed by atoms with Crippen LogP contribution in [0.15, 0.2) is 71.6 Å². The topological polar surface area (TPSA) is 84.9 Å². The van der Waals surface area contributed by atoms with Gasteiger partial charge in [-0.15, -0.1) is 0 Å². The lowest BCUT2D eigenvalue weighted by Crippen LogP contribution is -2.42. The average Bonchev–Trinajstić information content (AvgIpc) is 2.84. The molecule has 0 aliphatic rings. The summed E-state index contributed by atoms with van der Waals surface area (Å²) >= 11 is 0. The lowest BCUT2D eigenvalue weighted by atomic mass is 10.1. The molecule has 3 aromatic carbocycles. The van der Waals surface area contributed by atoms with Gasteiger partial charge in [0, 0.05) is 5.56 Å². The van der Waals surface area contributed by atoms with E-state index in [2.05, 4.69) is 5.32 Å². The molecule has 1 amide bonds. The van der Waals surface area contributed by atoms with Crippen molar-refractivity contribution in [3.8, 4) is 11.5 Å². The summed E-state index contributed by atoms with van der Waals surface area (Å²) in [4.78, 5) is 13.3. The summed E-state index contributed by atoms with van der Waals surface area (Å²) in [5.74, 6) is 0.773. The van der Waals surface area contributed by atoms with E-state index in [1.54, 1.807) is 62.8 Å². The summed E-state index contributed by atoms with van der Waals surface area (Å²) in [6, 6.07) is 18.4. The molecule has 0 aromatic heterocycles. The Morgan fingerprint density at radius 3 is 2.32 bits per heavy atom. The van der Waals surface area contributed by atoms with E-state index >= 15 is 0 Å². The van der Waals surface area contributed by atoms with Crippen LogP contribution in [0.3, 0.4) is 0 Å². The summed E-state index contributed by atoms with van der Waals surface area (Å²) in [7, 11) is -0.874. The zero-order chi connectivity index (χ0) is 24.9. The van der Waals surface area contributed by atoms with Crippen LogP contribution >= 0.6 is 0 Å². The van der Waals surface area contributed by atoms with Crippen LogP contribution in [0, 0.1) is 13.8 Å². The van der Waals surface area contributed by atoms with E-state index in [4.69, 9.17) is 9.47 Å². The maximum absolute atomic E-state index is 13.6. The first-order valence-corrected chi connectivity index (χ1v) is 12.3. The zero-order valence-electron chi connectivity index (χ0n) is 20.0. The maximum Gasteiger partial charge on any atom is 0.264 e. The van der Waals surface area contributed by atoms with Gasteiger partial charge in [0.25, 0.3) is 10.0 Å². The number of anilines is 1. The first-order chi connectivity index (χ1) is 16.2. The molecule has 34 heavy (non-hydrogen) atoms. The first kappa shape index (κ1) is 25.1. The monoisotopic (exact) mass is 482 g/mol. The number of aryl methyl sites for hydroxylation is 1. The fraction of sp³-hybridized carbons (Fsp3) is 0.269. The number of rotatable bonds is 9. The molecule has 1 N–H and O–H groups in total. The van der Waals surface area contributed by atoms with Crippen LogP contribution in [-0.4, -0.2) is 35.1 Å². The van der Waals surface area contributed by atoms with Gasteiger partial charge in [-0.25, -0.2) is 8.42 Å². The Balaban J connectivity index is 1.94. The predicted molar refractivity (Wildman–Crippen MR) is 133 cm³/mol. The second-order valence-electron chi connectivity index (χ2n) is 7.94. The minimum atomic E-state index is -3.98. The van der Waals surface area contributed by atoms with E-state index < -0.39 is 22.0 Å². The summed E-state index contributed by atoms with van der Waals surface area (Å²) in [6.07, 6.45) is 0. The van der Waals surface area contributed by atoms with Crippen LogP contribution in [0.4, 0.5) is 5.69 Å². The minimum Gasteiger partial charge on any atom is -0.497 e. The van der Waals surface area contributed by atoms with Gasteiger partial charge in [-0.1, -0.05) is 30.3 Å². The summed E-state index contributed by atoms with van der Waals surface area (Å²) in [5, 5.41) is 2.90. The second-order valence-corrected chi connectivity index (χ2v) is 9.80.